The summed E-state index contributed by atoms with van der Waals surface area (Å²) in [6.45, 7) is 5.90. The van der Waals surface area contributed by atoms with Crippen molar-refractivity contribution in [3.63, 3.8) is 0 Å². The largest absolute Gasteiger partial charge is 0.312 e. The molecule has 1 saturated carbocycles. The second kappa shape index (κ2) is 6.53. The Morgan fingerprint density at radius 2 is 1.95 bits per heavy atom. The van der Waals surface area contributed by atoms with Gasteiger partial charge in [-0.05, 0) is 44.3 Å². The van der Waals surface area contributed by atoms with E-state index in [0.29, 0.717) is 12.1 Å². The highest BCUT2D eigenvalue weighted by atomic mass is 15.2. The molecule has 0 amide bonds. The monoisotopic (exact) mass is 260 g/mol. The third-order valence-electron chi connectivity index (χ3n) is 4.64. The van der Waals surface area contributed by atoms with Crippen LogP contribution < -0.4 is 5.32 Å². The molecule has 2 heteroatoms. The lowest BCUT2D eigenvalue weighted by molar-refractivity contribution is 0.181. The fraction of sp³-hybridized carbons (Fsp3) is 0.647. The molecule has 4 unspecified atom stereocenters. The van der Waals surface area contributed by atoms with E-state index < -0.39 is 0 Å². The summed E-state index contributed by atoms with van der Waals surface area (Å²) in [4.78, 5) is 2.56. The maximum atomic E-state index is 3.51. The molecular formula is C17H28N2. The Kier molecular flexibility index (Phi) is 5.00. The molecule has 1 aliphatic rings. The zero-order chi connectivity index (χ0) is 13.8. The summed E-state index contributed by atoms with van der Waals surface area (Å²) in [6.07, 6.45) is 2.59. The zero-order valence-electron chi connectivity index (χ0n) is 12.8. The van der Waals surface area contributed by atoms with Gasteiger partial charge in [0, 0.05) is 18.6 Å². The predicted octanol–water partition coefficient (Wildman–Crippen LogP) is 3.31. The molecule has 106 valence electrons. The van der Waals surface area contributed by atoms with Crippen molar-refractivity contribution in [2.75, 3.05) is 20.6 Å². The Labute approximate surface area is 118 Å². The second-order valence-corrected chi connectivity index (χ2v) is 6.07. The molecule has 1 fully saturated rings. The lowest BCUT2D eigenvalue weighted by atomic mass is 9.96. The number of nitrogens with zero attached hydrogens (tertiary/aromatic N) is 1. The molecule has 0 bridgehead atoms. The van der Waals surface area contributed by atoms with Crippen LogP contribution in [-0.2, 0) is 0 Å². The van der Waals surface area contributed by atoms with E-state index in [9.17, 15) is 0 Å². The Balaban J connectivity index is 2.05. The molecule has 0 aromatic heterocycles. The van der Waals surface area contributed by atoms with Crippen LogP contribution in [0, 0.1) is 11.8 Å². The number of nitrogens with one attached hydrogen (secondary N) is 1. The lowest BCUT2D eigenvalue weighted by Gasteiger charge is -2.34. The van der Waals surface area contributed by atoms with Gasteiger partial charge in [-0.15, -0.1) is 0 Å². The molecule has 4 atom stereocenters. The zero-order valence-corrected chi connectivity index (χ0v) is 12.8. The van der Waals surface area contributed by atoms with Gasteiger partial charge in [0.05, 0.1) is 0 Å². The van der Waals surface area contributed by atoms with Crippen LogP contribution in [0.25, 0.3) is 0 Å². The van der Waals surface area contributed by atoms with E-state index in [1.807, 2.05) is 0 Å². The molecule has 0 aliphatic heterocycles. The number of likely N-dealkylation sites (N-methyl/N-ethyl adjacent to an activating group) is 2. The number of hydrogen-bond acceptors (Lipinski definition) is 2. The standard InChI is InChI=1S/C17H28N2/c1-5-16(19(4)12-15-11-13(15)2)17(18-3)14-9-7-6-8-10-14/h6-10,13,15-18H,5,11-12H2,1-4H3. The Bertz CT molecular complexity index is 376. The van der Waals surface area contributed by atoms with Gasteiger partial charge in [-0.3, -0.25) is 0 Å². The summed E-state index contributed by atoms with van der Waals surface area (Å²) in [5, 5.41) is 3.51. The summed E-state index contributed by atoms with van der Waals surface area (Å²) >= 11 is 0. The van der Waals surface area contributed by atoms with Crippen LogP contribution in [0.5, 0.6) is 0 Å². The number of rotatable bonds is 7. The first-order valence-electron chi connectivity index (χ1n) is 7.59. The molecule has 1 aliphatic carbocycles. The highest BCUT2D eigenvalue weighted by Gasteiger charge is 2.35. The van der Waals surface area contributed by atoms with Gasteiger partial charge in [0.25, 0.3) is 0 Å². The van der Waals surface area contributed by atoms with Crippen molar-refractivity contribution in [2.45, 2.75) is 38.8 Å². The van der Waals surface area contributed by atoms with Crippen LogP contribution in [0.3, 0.4) is 0 Å². The second-order valence-electron chi connectivity index (χ2n) is 6.07. The van der Waals surface area contributed by atoms with Gasteiger partial charge in [-0.25, -0.2) is 0 Å². The van der Waals surface area contributed by atoms with Gasteiger partial charge in [0.15, 0.2) is 0 Å². The fourth-order valence-electron chi connectivity index (χ4n) is 3.20. The lowest BCUT2D eigenvalue weighted by Crippen LogP contribution is -2.42. The van der Waals surface area contributed by atoms with E-state index in [1.54, 1.807) is 0 Å². The number of hydrogen-bond donors (Lipinski definition) is 1. The van der Waals surface area contributed by atoms with Gasteiger partial charge in [0.1, 0.15) is 0 Å². The molecule has 19 heavy (non-hydrogen) atoms. The summed E-state index contributed by atoms with van der Waals surface area (Å²) in [5.74, 6) is 1.86. The normalized spacial score (nSPS) is 25.3. The molecule has 0 radical (unpaired) electrons. The van der Waals surface area contributed by atoms with Crippen molar-refractivity contribution in [1.29, 1.82) is 0 Å². The van der Waals surface area contributed by atoms with Crippen molar-refractivity contribution in [1.82, 2.24) is 10.2 Å². The fourth-order valence-corrected chi connectivity index (χ4v) is 3.20. The van der Waals surface area contributed by atoms with E-state index in [0.717, 1.165) is 11.8 Å². The van der Waals surface area contributed by atoms with Crippen LogP contribution in [0.15, 0.2) is 30.3 Å². The number of benzene rings is 1. The molecule has 0 heterocycles. The van der Waals surface area contributed by atoms with Crippen LogP contribution in [0.1, 0.15) is 38.3 Å². The third kappa shape index (κ3) is 3.58. The van der Waals surface area contributed by atoms with E-state index in [1.165, 1.54) is 24.9 Å². The maximum Gasteiger partial charge on any atom is 0.0475 e. The van der Waals surface area contributed by atoms with Gasteiger partial charge >= 0.3 is 0 Å². The molecule has 2 rings (SSSR count). The van der Waals surface area contributed by atoms with Crippen molar-refractivity contribution >= 4 is 0 Å². The Hall–Kier alpha value is -0.860. The first-order valence-corrected chi connectivity index (χ1v) is 7.59. The van der Waals surface area contributed by atoms with Crippen molar-refractivity contribution < 1.29 is 0 Å². The molecule has 0 saturated heterocycles. The minimum Gasteiger partial charge on any atom is -0.312 e. The molecular weight excluding hydrogens is 232 g/mol. The highest BCUT2D eigenvalue weighted by molar-refractivity contribution is 5.20. The van der Waals surface area contributed by atoms with Gasteiger partial charge in [-0.1, -0.05) is 44.2 Å². The molecule has 1 aromatic rings. The van der Waals surface area contributed by atoms with Crippen LogP contribution in [-0.4, -0.2) is 31.6 Å². The van der Waals surface area contributed by atoms with E-state index in [-0.39, 0.29) is 0 Å². The van der Waals surface area contributed by atoms with Crippen LogP contribution in [0.4, 0.5) is 0 Å². The topological polar surface area (TPSA) is 15.3 Å². The van der Waals surface area contributed by atoms with E-state index in [4.69, 9.17) is 0 Å². The van der Waals surface area contributed by atoms with E-state index in [2.05, 4.69) is 68.5 Å². The quantitative estimate of drug-likeness (QED) is 0.809. The summed E-state index contributed by atoms with van der Waals surface area (Å²) in [7, 11) is 4.36. The average molecular weight is 260 g/mol. The first-order chi connectivity index (χ1) is 9.17. The molecule has 1 aromatic carbocycles. The third-order valence-corrected chi connectivity index (χ3v) is 4.64. The smallest absolute Gasteiger partial charge is 0.0475 e. The summed E-state index contributed by atoms with van der Waals surface area (Å²) in [6, 6.07) is 11.8. The molecule has 1 N–H and O–H groups in total. The molecule has 0 spiro atoms. The van der Waals surface area contributed by atoms with Crippen molar-refractivity contribution in [3.05, 3.63) is 35.9 Å². The molecule has 2 nitrogen and oxygen atoms in total. The van der Waals surface area contributed by atoms with Gasteiger partial charge in [-0.2, -0.15) is 0 Å². The van der Waals surface area contributed by atoms with Gasteiger partial charge in [0.2, 0.25) is 0 Å². The Morgan fingerprint density at radius 1 is 1.32 bits per heavy atom. The maximum absolute atomic E-state index is 3.51. The SMILES string of the molecule is CCC(C(NC)c1ccccc1)N(C)CC1CC1C. The van der Waals surface area contributed by atoms with Crippen LogP contribution in [0.2, 0.25) is 0 Å². The Morgan fingerprint density at radius 3 is 2.42 bits per heavy atom. The van der Waals surface area contributed by atoms with Crippen molar-refractivity contribution in [3.8, 4) is 0 Å². The van der Waals surface area contributed by atoms with Gasteiger partial charge < -0.3 is 10.2 Å². The summed E-state index contributed by atoms with van der Waals surface area (Å²) < 4.78 is 0. The minimum absolute atomic E-state index is 0.422. The van der Waals surface area contributed by atoms with E-state index >= 15 is 0 Å². The highest BCUT2D eigenvalue weighted by Crippen LogP contribution is 2.39. The van der Waals surface area contributed by atoms with Crippen molar-refractivity contribution in [2.24, 2.45) is 11.8 Å². The predicted molar refractivity (Wildman–Crippen MR) is 82.2 cm³/mol. The van der Waals surface area contributed by atoms with Crippen LogP contribution >= 0.6 is 0 Å². The minimum atomic E-state index is 0.422. The first kappa shape index (κ1) is 14.5. The average Bonchev–Trinajstić information content (AvgIpc) is 3.11. The summed E-state index contributed by atoms with van der Waals surface area (Å²) in [5.41, 5.74) is 1.40.